The normalized spacial score (nSPS) is 10.7. The summed E-state index contributed by atoms with van der Waals surface area (Å²) in [5.74, 6) is 5.80. The van der Waals surface area contributed by atoms with Gasteiger partial charge < -0.3 is 4.74 Å². The molecule has 2 aromatic rings. The van der Waals surface area contributed by atoms with Crippen molar-refractivity contribution < 1.29 is 9.53 Å². The maximum absolute atomic E-state index is 12.0. The summed E-state index contributed by atoms with van der Waals surface area (Å²) in [5, 5.41) is 10.1. The van der Waals surface area contributed by atoms with E-state index < -0.39 is 11.7 Å². The number of anilines is 1. The monoisotopic (exact) mass is 309 g/mol. The molecule has 23 heavy (non-hydrogen) atoms. The average Bonchev–Trinajstić information content (AvgIpc) is 2.52. The Morgan fingerprint density at radius 1 is 1.13 bits per heavy atom. The van der Waals surface area contributed by atoms with E-state index in [1.807, 2.05) is 30.3 Å². The van der Waals surface area contributed by atoms with Gasteiger partial charge in [0.2, 0.25) is 0 Å². The molecular formula is C18H19N3O2. The molecule has 0 saturated heterocycles. The molecule has 0 radical (unpaired) electrons. The van der Waals surface area contributed by atoms with Crippen LogP contribution in [0.5, 0.6) is 0 Å². The van der Waals surface area contributed by atoms with E-state index in [0.29, 0.717) is 11.3 Å². The molecule has 118 valence electrons. The first kappa shape index (κ1) is 16.5. The highest BCUT2D eigenvalue weighted by Crippen LogP contribution is 2.25. The quantitative estimate of drug-likeness (QED) is 0.519. The fourth-order valence-electron chi connectivity index (χ4n) is 2.05. The standard InChI is InChI=1S/C18H19N3O2/c1-18(2,3)23-17(22)21(20)15-10-8-13(9-11-15)16-7-5-4-6-14(16)12-19/h4-11H,20H2,1-3H3. The predicted octanol–water partition coefficient (Wildman–Crippen LogP) is 3.84. The molecule has 0 unspecified atom stereocenters. The molecule has 5 nitrogen and oxygen atoms in total. The lowest BCUT2D eigenvalue weighted by Gasteiger charge is -2.24. The van der Waals surface area contributed by atoms with Crippen molar-refractivity contribution in [2.24, 2.45) is 5.84 Å². The topological polar surface area (TPSA) is 79.3 Å². The smallest absolute Gasteiger partial charge is 0.429 e. The van der Waals surface area contributed by atoms with Crippen LogP contribution < -0.4 is 10.9 Å². The van der Waals surface area contributed by atoms with E-state index >= 15 is 0 Å². The highest BCUT2D eigenvalue weighted by Gasteiger charge is 2.21. The Kier molecular flexibility index (Phi) is 4.68. The Labute approximate surface area is 135 Å². The van der Waals surface area contributed by atoms with E-state index in [2.05, 4.69) is 6.07 Å². The molecule has 0 saturated carbocycles. The molecule has 0 aromatic heterocycles. The first-order chi connectivity index (χ1) is 10.8. The number of carbonyl (C=O) groups excluding carboxylic acids is 1. The number of hydrogen-bond donors (Lipinski definition) is 1. The zero-order valence-corrected chi connectivity index (χ0v) is 13.4. The third-order valence-electron chi connectivity index (χ3n) is 3.09. The van der Waals surface area contributed by atoms with Crippen LogP contribution in [0.25, 0.3) is 11.1 Å². The minimum Gasteiger partial charge on any atom is -0.442 e. The van der Waals surface area contributed by atoms with E-state index in [-0.39, 0.29) is 0 Å². The second kappa shape index (κ2) is 6.51. The number of carbonyl (C=O) groups is 1. The summed E-state index contributed by atoms with van der Waals surface area (Å²) in [7, 11) is 0. The summed E-state index contributed by atoms with van der Waals surface area (Å²) in [4.78, 5) is 12.0. The molecule has 0 heterocycles. The highest BCUT2D eigenvalue weighted by molar-refractivity contribution is 5.87. The van der Waals surface area contributed by atoms with Crippen molar-refractivity contribution >= 4 is 11.8 Å². The van der Waals surface area contributed by atoms with Crippen LogP contribution in [0.15, 0.2) is 48.5 Å². The molecule has 0 aliphatic carbocycles. The van der Waals surface area contributed by atoms with Crippen LogP contribution in [-0.2, 0) is 4.74 Å². The molecule has 0 fully saturated rings. The van der Waals surface area contributed by atoms with Crippen molar-refractivity contribution in [3.63, 3.8) is 0 Å². The minimum atomic E-state index is -0.623. The molecule has 0 aliphatic rings. The molecule has 0 atom stereocenters. The minimum absolute atomic E-state index is 0.512. The molecule has 2 N–H and O–H groups in total. The highest BCUT2D eigenvalue weighted by atomic mass is 16.6. The molecule has 2 rings (SSSR count). The fraction of sp³-hybridized carbons (Fsp3) is 0.222. The molecule has 2 aromatic carbocycles. The van der Waals surface area contributed by atoms with Gasteiger partial charge in [-0.15, -0.1) is 0 Å². The van der Waals surface area contributed by atoms with Crippen molar-refractivity contribution in [2.75, 3.05) is 5.01 Å². The van der Waals surface area contributed by atoms with E-state index in [9.17, 15) is 4.79 Å². The van der Waals surface area contributed by atoms with Crippen LogP contribution in [-0.4, -0.2) is 11.7 Å². The van der Waals surface area contributed by atoms with Crippen molar-refractivity contribution in [3.8, 4) is 17.2 Å². The number of nitrogens with zero attached hydrogens (tertiary/aromatic N) is 2. The predicted molar refractivity (Wildman–Crippen MR) is 89.5 cm³/mol. The van der Waals surface area contributed by atoms with Gasteiger partial charge in [0.05, 0.1) is 17.3 Å². The lowest BCUT2D eigenvalue weighted by molar-refractivity contribution is 0.0580. The average molecular weight is 309 g/mol. The van der Waals surface area contributed by atoms with Gasteiger partial charge in [-0.2, -0.15) is 5.26 Å². The summed E-state index contributed by atoms with van der Waals surface area (Å²) < 4.78 is 5.22. The first-order valence-electron chi connectivity index (χ1n) is 7.19. The van der Waals surface area contributed by atoms with Crippen LogP contribution in [0, 0.1) is 11.3 Å². The second-order valence-electron chi connectivity index (χ2n) is 6.05. The summed E-state index contributed by atoms with van der Waals surface area (Å²) >= 11 is 0. The van der Waals surface area contributed by atoms with Crippen molar-refractivity contribution in [1.29, 1.82) is 5.26 Å². The third kappa shape index (κ3) is 4.09. The zero-order valence-electron chi connectivity index (χ0n) is 13.4. The van der Waals surface area contributed by atoms with Gasteiger partial charge in [-0.25, -0.2) is 15.6 Å². The Balaban J connectivity index is 2.23. The van der Waals surface area contributed by atoms with Gasteiger partial charge in [0.15, 0.2) is 0 Å². The van der Waals surface area contributed by atoms with Crippen LogP contribution in [0.2, 0.25) is 0 Å². The van der Waals surface area contributed by atoms with E-state index in [0.717, 1.165) is 16.1 Å². The molecule has 0 aliphatic heterocycles. The van der Waals surface area contributed by atoms with E-state index in [4.69, 9.17) is 15.8 Å². The fourth-order valence-corrected chi connectivity index (χ4v) is 2.05. The van der Waals surface area contributed by atoms with Crippen LogP contribution in [0.4, 0.5) is 10.5 Å². The maximum atomic E-state index is 12.0. The summed E-state index contributed by atoms with van der Waals surface area (Å²) in [6, 6.07) is 16.6. The third-order valence-corrected chi connectivity index (χ3v) is 3.09. The maximum Gasteiger partial charge on any atom is 0.429 e. The SMILES string of the molecule is CC(C)(C)OC(=O)N(N)c1ccc(-c2ccccc2C#N)cc1. The number of nitrogens with two attached hydrogens (primary N) is 1. The number of hydrazine groups is 1. The van der Waals surface area contributed by atoms with E-state index in [1.54, 1.807) is 39.0 Å². The Morgan fingerprint density at radius 2 is 1.74 bits per heavy atom. The number of rotatable bonds is 2. The van der Waals surface area contributed by atoms with Crippen molar-refractivity contribution in [2.45, 2.75) is 26.4 Å². The molecule has 0 spiro atoms. The molecule has 5 heteroatoms. The van der Waals surface area contributed by atoms with Gasteiger partial charge in [-0.05, 0) is 50.1 Å². The Bertz CT molecular complexity index is 740. The number of amides is 1. The van der Waals surface area contributed by atoms with Gasteiger partial charge in [-0.1, -0.05) is 30.3 Å². The molecule has 1 amide bonds. The zero-order chi connectivity index (χ0) is 17.0. The first-order valence-corrected chi connectivity index (χ1v) is 7.19. The Hall–Kier alpha value is -2.84. The van der Waals surface area contributed by atoms with Crippen LogP contribution >= 0.6 is 0 Å². The molecule has 0 bridgehead atoms. The second-order valence-corrected chi connectivity index (χ2v) is 6.05. The van der Waals surface area contributed by atoms with Crippen LogP contribution in [0.1, 0.15) is 26.3 Å². The lowest BCUT2D eigenvalue weighted by atomic mass is 10.0. The number of hydrogen-bond acceptors (Lipinski definition) is 4. The van der Waals surface area contributed by atoms with Crippen LogP contribution in [0.3, 0.4) is 0 Å². The van der Waals surface area contributed by atoms with Gasteiger partial charge in [0, 0.05) is 0 Å². The number of benzene rings is 2. The summed E-state index contributed by atoms with van der Waals surface area (Å²) in [6.45, 7) is 5.34. The van der Waals surface area contributed by atoms with Crippen molar-refractivity contribution in [3.05, 3.63) is 54.1 Å². The molecular weight excluding hydrogens is 290 g/mol. The van der Waals surface area contributed by atoms with Gasteiger partial charge in [0.25, 0.3) is 0 Å². The largest absolute Gasteiger partial charge is 0.442 e. The number of nitriles is 1. The lowest BCUT2D eigenvalue weighted by Crippen LogP contribution is -2.41. The summed E-state index contributed by atoms with van der Waals surface area (Å²) in [5.41, 5.74) is 2.21. The van der Waals surface area contributed by atoms with Crippen molar-refractivity contribution in [1.82, 2.24) is 0 Å². The van der Waals surface area contributed by atoms with Gasteiger partial charge in [-0.3, -0.25) is 0 Å². The van der Waals surface area contributed by atoms with Gasteiger partial charge in [0.1, 0.15) is 5.60 Å². The number of ether oxygens (including phenoxy) is 1. The Morgan fingerprint density at radius 3 is 2.30 bits per heavy atom. The van der Waals surface area contributed by atoms with Gasteiger partial charge >= 0.3 is 6.09 Å². The van der Waals surface area contributed by atoms with E-state index in [1.165, 1.54) is 0 Å². The summed E-state index contributed by atoms with van der Waals surface area (Å²) in [6.07, 6.45) is -0.623.